The fourth-order valence-electron chi connectivity index (χ4n) is 3.22. The summed E-state index contributed by atoms with van der Waals surface area (Å²) in [6, 6.07) is 12.2. The Bertz CT molecular complexity index is 991. The molecule has 0 aliphatic carbocycles. The number of nitrogens with zero attached hydrogens (tertiary/aromatic N) is 3. The molecule has 1 aromatic carbocycles. The molecule has 6 heteroatoms. The molecule has 0 atom stereocenters. The molecule has 0 radical (unpaired) electrons. The van der Waals surface area contributed by atoms with Crippen molar-refractivity contribution in [2.75, 3.05) is 0 Å². The Balaban J connectivity index is 1.48. The van der Waals surface area contributed by atoms with Gasteiger partial charge in [-0.25, -0.2) is 4.98 Å². The Kier molecular flexibility index (Phi) is 3.89. The van der Waals surface area contributed by atoms with Crippen LogP contribution in [0.5, 0.6) is 0 Å². The van der Waals surface area contributed by atoms with Crippen molar-refractivity contribution < 1.29 is 4.52 Å². The highest BCUT2D eigenvalue weighted by molar-refractivity contribution is 5.74. The van der Waals surface area contributed by atoms with Crippen molar-refractivity contribution in [1.82, 2.24) is 25.0 Å². The van der Waals surface area contributed by atoms with E-state index in [0.717, 1.165) is 40.7 Å². The molecular weight excluding hydrogens is 314 g/mol. The first-order valence-electron chi connectivity index (χ1n) is 8.37. The van der Waals surface area contributed by atoms with Crippen molar-refractivity contribution in [3.8, 4) is 5.82 Å². The lowest BCUT2D eigenvalue weighted by Crippen LogP contribution is -2.14. The second kappa shape index (κ2) is 6.22. The van der Waals surface area contributed by atoms with E-state index in [0.29, 0.717) is 6.54 Å². The Morgan fingerprint density at radius 2 is 1.96 bits per heavy atom. The molecule has 0 aliphatic rings. The number of rotatable bonds is 5. The summed E-state index contributed by atoms with van der Waals surface area (Å²) in [5.41, 5.74) is 5.63. The average Bonchev–Trinajstić information content (AvgIpc) is 3.26. The van der Waals surface area contributed by atoms with Crippen LogP contribution < -0.4 is 5.32 Å². The number of aromatic amines is 1. The summed E-state index contributed by atoms with van der Waals surface area (Å²) in [5.74, 6) is 2.59. The van der Waals surface area contributed by atoms with E-state index in [9.17, 15) is 0 Å². The molecule has 3 heterocycles. The van der Waals surface area contributed by atoms with Gasteiger partial charge < -0.3 is 19.4 Å². The van der Waals surface area contributed by atoms with Crippen LogP contribution in [-0.4, -0.2) is 19.7 Å². The maximum atomic E-state index is 5.21. The third kappa shape index (κ3) is 2.96. The van der Waals surface area contributed by atoms with Gasteiger partial charge in [-0.05, 0) is 44.5 Å². The zero-order valence-corrected chi connectivity index (χ0v) is 14.6. The van der Waals surface area contributed by atoms with Crippen LogP contribution in [0, 0.1) is 20.8 Å². The Morgan fingerprint density at radius 1 is 1.12 bits per heavy atom. The summed E-state index contributed by atoms with van der Waals surface area (Å²) in [7, 11) is 0. The number of nitrogens with one attached hydrogen (secondary N) is 2. The lowest BCUT2D eigenvalue weighted by Gasteiger charge is -2.06. The maximum Gasteiger partial charge on any atom is 0.180 e. The van der Waals surface area contributed by atoms with Gasteiger partial charge in [0.1, 0.15) is 11.6 Å². The molecule has 2 N–H and O–H groups in total. The zero-order chi connectivity index (χ0) is 17.4. The van der Waals surface area contributed by atoms with Crippen molar-refractivity contribution in [3.63, 3.8) is 0 Å². The molecule has 25 heavy (non-hydrogen) atoms. The van der Waals surface area contributed by atoms with Gasteiger partial charge in [0.05, 0.1) is 17.6 Å². The molecule has 3 aromatic heterocycles. The van der Waals surface area contributed by atoms with Crippen molar-refractivity contribution in [2.45, 2.75) is 33.9 Å². The molecule has 0 bridgehead atoms. The fourth-order valence-corrected chi connectivity index (χ4v) is 3.22. The minimum Gasteiger partial charge on any atom is -0.360 e. The van der Waals surface area contributed by atoms with E-state index in [4.69, 9.17) is 4.52 Å². The van der Waals surface area contributed by atoms with E-state index in [1.807, 2.05) is 37.3 Å². The molecule has 0 fully saturated rings. The number of aromatic nitrogens is 4. The number of fused-ring (bicyclic) bond motifs is 1. The number of hydrogen-bond acceptors (Lipinski definition) is 4. The Morgan fingerprint density at radius 3 is 2.72 bits per heavy atom. The predicted molar refractivity (Wildman–Crippen MR) is 96.7 cm³/mol. The fraction of sp³-hybridized carbons (Fsp3) is 0.263. The zero-order valence-electron chi connectivity index (χ0n) is 14.6. The molecule has 0 aliphatic heterocycles. The summed E-state index contributed by atoms with van der Waals surface area (Å²) in [6.07, 6.45) is 0. The van der Waals surface area contributed by atoms with Crippen LogP contribution in [0.1, 0.15) is 28.5 Å². The second-order valence-electron chi connectivity index (χ2n) is 6.33. The minimum absolute atomic E-state index is 0.696. The van der Waals surface area contributed by atoms with E-state index in [2.05, 4.69) is 44.9 Å². The summed E-state index contributed by atoms with van der Waals surface area (Å²) >= 11 is 0. The van der Waals surface area contributed by atoms with Crippen molar-refractivity contribution in [3.05, 3.63) is 64.9 Å². The molecule has 128 valence electrons. The van der Waals surface area contributed by atoms with E-state index in [1.54, 1.807) is 0 Å². The van der Waals surface area contributed by atoms with Crippen LogP contribution in [0.3, 0.4) is 0 Å². The van der Waals surface area contributed by atoms with Crippen molar-refractivity contribution in [1.29, 1.82) is 0 Å². The quantitative estimate of drug-likeness (QED) is 0.585. The third-order valence-corrected chi connectivity index (χ3v) is 4.43. The van der Waals surface area contributed by atoms with Gasteiger partial charge in [0.25, 0.3) is 0 Å². The van der Waals surface area contributed by atoms with Gasteiger partial charge in [0.2, 0.25) is 0 Å². The van der Waals surface area contributed by atoms with Gasteiger partial charge in [-0.2, -0.15) is 0 Å². The van der Waals surface area contributed by atoms with Crippen LogP contribution in [0.4, 0.5) is 0 Å². The van der Waals surface area contributed by atoms with Gasteiger partial charge in [-0.15, -0.1) is 0 Å². The number of aryl methyl sites for hydroxylation is 2. The largest absolute Gasteiger partial charge is 0.360 e. The molecule has 4 aromatic rings. The molecule has 0 amide bonds. The van der Waals surface area contributed by atoms with Crippen molar-refractivity contribution >= 4 is 11.0 Å². The van der Waals surface area contributed by atoms with E-state index < -0.39 is 0 Å². The normalized spacial score (nSPS) is 11.5. The molecule has 0 saturated heterocycles. The number of para-hydroxylation sites is 2. The second-order valence-corrected chi connectivity index (χ2v) is 6.33. The standard InChI is InChI=1S/C19H21N5O/c1-12-8-15(14(3)24(12)19-9-13(2)25-23-19)10-20-11-18-21-16-6-4-5-7-17(16)22-18/h4-9,20H,10-11H2,1-3H3,(H,21,22). The van der Waals surface area contributed by atoms with Crippen LogP contribution in [0.15, 0.2) is 40.9 Å². The van der Waals surface area contributed by atoms with Gasteiger partial charge in [0.15, 0.2) is 5.82 Å². The van der Waals surface area contributed by atoms with Crippen LogP contribution in [-0.2, 0) is 13.1 Å². The molecular formula is C19H21N5O. The number of benzene rings is 1. The van der Waals surface area contributed by atoms with Gasteiger partial charge in [-0.1, -0.05) is 17.3 Å². The first-order chi connectivity index (χ1) is 12.1. The van der Waals surface area contributed by atoms with Crippen LogP contribution >= 0.6 is 0 Å². The third-order valence-electron chi connectivity index (χ3n) is 4.43. The Labute approximate surface area is 145 Å². The number of hydrogen-bond donors (Lipinski definition) is 2. The maximum absolute atomic E-state index is 5.21. The highest BCUT2D eigenvalue weighted by atomic mass is 16.5. The molecule has 0 unspecified atom stereocenters. The molecule has 4 rings (SSSR count). The predicted octanol–water partition coefficient (Wildman–Crippen LogP) is 3.56. The summed E-state index contributed by atoms with van der Waals surface area (Å²) in [5, 5.41) is 7.59. The minimum atomic E-state index is 0.696. The summed E-state index contributed by atoms with van der Waals surface area (Å²) in [4.78, 5) is 7.93. The first-order valence-corrected chi connectivity index (χ1v) is 8.37. The SMILES string of the molecule is Cc1cc(-n2c(C)cc(CNCc3nc4ccccc4[nH]3)c2C)no1. The number of H-pyrrole nitrogens is 1. The van der Waals surface area contributed by atoms with E-state index in [1.165, 1.54) is 11.3 Å². The first kappa shape index (κ1) is 15.7. The van der Waals surface area contributed by atoms with Gasteiger partial charge in [-0.3, -0.25) is 0 Å². The molecule has 6 nitrogen and oxygen atoms in total. The summed E-state index contributed by atoms with van der Waals surface area (Å²) in [6.45, 7) is 7.56. The Hall–Kier alpha value is -2.86. The van der Waals surface area contributed by atoms with Gasteiger partial charge in [0, 0.05) is 24.0 Å². The van der Waals surface area contributed by atoms with E-state index >= 15 is 0 Å². The highest BCUT2D eigenvalue weighted by Crippen LogP contribution is 2.20. The van der Waals surface area contributed by atoms with Crippen LogP contribution in [0.25, 0.3) is 16.9 Å². The average molecular weight is 335 g/mol. The summed E-state index contributed by atoms with van der Waals surface area (Å²) < 4.78 is 7.33. The van der Waals surface area contributed by atoms with Crippen molar-refractivity contribution in [2.24, 2.45) is 0 Å². The lowest BCUT2D eigenvalue weighted by atomic mass is 10.2. The van der Waals surface area contributed by atoms with Crippen LogP contribution in [0.2, 0.25) is 0 Å². The van der Waals surface area contributed by atoms with E-state index in [-0.39, 0.29) is 0 Å². The highest BCUT2D eigenvalue weighted by Gasteiger charge is 2.13. The molecule has 0 spiro atoms. The topological polar surface area (TPSA) is 71.7 Å². The monoisotopic (exact) mass is 335 g/mol. The smallest absolute Gasteiger partial charge is 0.180 e. The molecule has 0 saturated carbocycles. The lowest BCUT2D eigenvalue weighted by molar-refractivity contribution is 0.394. The van der Waals surface area contributed by atoms with Gasteiger partial charge >= 0.3 is 0 Å². The number of imidazole rings is 1.